The van der Waals surface area contributed by atoms with Gasteiger partial charge in [-0.3, -0.25) is 4.72 Å². The monoisotopic (exact) mass is 382 g/mol. The molecule has 1 aliphatic heterocycles. The lowest BCUT2D eigenvalue weighted by Gasteiger charge is -2.31. The van der Waals surface area contributed by atoms with Gasteiger partial charge in [0.2, 0.25) is 0 Å². The molecule has 0 spiro atoms. The van der Waals surface area contributed by atoms with E-state index in [1.54, 1.807) is 17.0 Å². The first-order valence-corrected chi connectivity index (χ1v) is 10.7. The second-order valence-electron chi connectivity index (χ2n) is 7.11. The van der Waals surface area contributed by atoms with Crippen molar-refractivity contribution in [2.24, 2.45) is 0 Å². The van der Waals surface area contributed by atoms with Gasteiger partial charge in [0, 0.05) is 11.4 Å². The topological polar surface area (TPSA) is 53.9 Å². The minimum atomic E-state index is -3.62. The molecule has 2 N–H and O–H groups in total. The molecule has 0 amide bonds. The van der Waals surface area contributed by atoms with E-state index < -0.39 is 10.0 Å². The van der Waals surface area contributed by atoms with E-state index in [2.05, 4.69) is 16.7 Å². The van der Waals surface area contributed by atoms with E-state index in [0.29, 0.717) is 5.69 Å². The van der Waals surface area contributed by atoms with Crippen molar-refractivity contribution in [2.45, 2.75) is 4.90 Å². The number of anilines is 2. The molecule has 5 nitrogen and oxygen atoms in total. The van der Waals surface area contributed by atoms with Gasteiger partial charge in [-0.05, 0) is 47.2 Å². The van der Waals surface area contributed by atoms with Crippen LogP contribution < -0.4 is 14.5 Å². The molecule has 0 unspecified atom stereocenters. The van der Waals surface area contributed by atoms with Crippen LogP contribution in [0.3, 0.4) is 0 Å². The maximum atomic E-state index is 12.7. The minimum Gasteiger partial charge on any atom is -0.360 e. The number of benzene rings is 3. The van der Waals surface area contributed by atoms with Crippen LogP contribution >= 0.6 is 0 Å². The van der Waals surface area contributed by atoms with Crippen LogP contribution in [0.1, 0.15) is 0 Å². The van der Waals surface area contributed by atoms with Crippen LogP contribution in [0.15, 0.2) is 71.6 Å². The summed E-state index contributed by atoms with van der Waals surface area (Å²) in [5.41, 5.74) is 1.71. The van der Waals surface area contributed by atoms with Crippen molar-refractivity contribution < 1.29 is 13.3 Å². The standard InChI is InChI=1S/C21H23N3O2S/c1-23-12-14-24(15-13-23)20-9-7-19(8-10-20)22-27(25,26)21-11-6-17-4-2-3-5-18(17)16-21/h2-11,16,22H,12-15H2,1H3/p+1. The minimum absolute atomic E-state index is 0.271. The number of sulfonamides is 1. The Hall–Kier alpha value is -2.57. The molecule has 0 atom stereocenters. The van der Waals surface area contributed by atoms with Gasteiger partial charge in [-0.1, -0.05) is 30.3 Å². The lowest BCUT2D eigenvalue weighted by Crippen LogP contribution is -3.12. The van der Waals surface area contributed by atoms with Crippen molar-refractivity contribution in [1.29, 1.82) is 0 Å². The summed E-state index contributed by atoms with van der Waals surface area (Å²) in [6.07, 6.45) is 0. The number of quaternary nitrogens is 1. The van der Waals surface area contributed by atoms with Crippen molar-refractivity contribution in [3.63, 3.8) is 0 Å². The van der Waals surface area contributed by atoms with Gasteiger partial charge in [0.25, 0.3) is 10.0 Å². The van der Waals surface area contributed by atoms with Crippen LogP contribution in [0, 0.1) is 0 Å². The van der Waals surface area contributed by atoms with Gasteiger partial charge >= 0.3 is 0 Å². The van der Waals surface area contributed by atoms with E-state index in [0.717, 1.165) is 42.6 Å². The average molecular weight is 383 g/mol. The summed E-state index contributed by atoms with van der Waals surface area (Å²) in [6.45, 7) is 4.29. The van der Waals surface area contributed by atoms with Crippen LogP contribution in [0.5, 0.6) is 0 Å². The average Bonchev–Trinajstić information content (AvgIpc) is 2.68. The Morgan fingerprint density at radius 2 is 1.56 bits per heavy atom. The molecule has 0 aromatic heterocycles. The molecular formula is C21H24N3O2S+. The third-order valence-electron chi connectivity index (χ3n) is 5.13. The zero-order valence-corrected chi connectivity index (χ0v) is 16.2. The molecule has 6 heteroatoms. The number of likely N-dealkylation sites (N-methyl/N-ethyl adjacent to an activating group) is 1. The van der Waals surface area contributed by atoms with Gasteiger partial charge in [0.1, 0.15) is 0 Å². The summed E-state index contributed by atoms with van der Waals surface area (Å²) in [7, 11) is -1.41. The highest BCUT2D eigenvalue weighted by Crippen LogP contribution is 2.23. The Balaban J connectivity index is 1.51. The predicted molar refractivity (Wildman–Crippen MR) is 110 cm³/mol. The van der Waals surface area contributed by atoms with Crippen molar-refractivity contribution in [3.8, 4) is 0 Å². The van der Waals surface area contributed by atoms with Crippen LogP contribution in [0.25, 0.3) is 10.8 Å². The Kier molecular flexibility index (Phi) is 4.76. The smallest absolute Gasteiger partial charge is 0.261 e. The highest BCUT2D eigenvalue weighted by atomic mass is 32.2. The van der Waals surface area contributed by atoms with Gasteiger partial charge < -0.3 is 9.80 Å². The van der Waals surface area contributed by atoms with Crippen molar-refractivity contribution >= 4 is 32.2 Å². The highest BCUT2D eigenvalue weighted by molar-refractivity contribution is 7.92. The number of piperazine rings is 1. The second-order valence-corrected chi connectivity index (χ2v) is 8.79. The first kappa shape index (κ1) is 17.8. The third-order valence-corrected chi connectivity index (χ3v) is 6.51. The SMILES string of the molecule is C[NH+]1CCN(c2ccc(NS(=O)(=O)c3ccc4ccccc4c3)cc2)CC1. The van der Waals surface area contributed by atoms with Gasteiger partial charge in [-0.2, -0.15) is 0 Å². The van der Waals surface area contributed by atoms with E-state index in [9.17, 15) is 8.42 Å². The number of fused-ring (bicyclic) bond motifs is 1. The Morgan fingerprint density at radius 1 is 0.889 bits per heavy atom. The largest absolute Gasteiger partial charge is 0.360 e. The number of rotatable bonds is 4. The van der Waals surface area contributed by atoms with Crippen molar-refractivity contribution in [3.05, 3.63) is 66.7 Å². The van der Waals surface area contributed by atoms with Crippen LogP contribution in [-0.4, -0.2) is 41.6 Å². The molecule has 140 valence electrons. The van der Waals surface area contributed by atoms with E-state index in [1.165, 1.54) is 0 Å². The Morgan fingerprint density at radius 3 is 2.26 bits per heavy atom. The third kappa shape index (κ3) is 3.91. The van der Waals surface area contributed by atoms with Crippen LogP contribution in [0.4, 0.5) is 11.4 Å². The number of nitrogens with one attached hydrogen (secondary N) is 2. The molecule has 3 aromatic carbocycles. The highest BCUT2D eigenvalue weighted by Gasteiger charge is 2.18. The van der Waals surface area contributed by atoms with E-state index in [4.69, 9.17) is 0 Å². The Bertz CT molecular complexity index is 1040. The number of hydrogen-bond acceptors (Lipinski definition) is 3. The van der Waals surface area contributed by atoms with E-state index in [-0.39, 0.29) is 4.90 Å². The normalized spacial score (nSPS) is 15.8. The summed E-state index contributed by atoms with van der Waals surface area (Å²) in [5.74, 6) is 0. The Labute approximate surface area is 160 Å². The van der Waals surface area contributed by atoms with E-state index >= 15 is 0 Å². The zero-order valence-electron chi connectivity index (χ0n) is 15.4. The van der Waals surface area contributed by atoms with E-state index in [1.807, 2.05) is 54.6 Å². The summed E-state index contributed by atoms with van der Waals surface area (Å²) < 4.78 is 28.2. The molecule has 1 saturated heterocycles. The molecule has 0 saturated carbocycles. The second kappa shape index (κ2) is 7.21. The molecule has 0 radical (unpaired) electrons. The summed E-state index contributed by atoms with van der Waals surface area (Å²) in [5, 5.41) is 1.93. The fraction of sp³-hybridized carbons (Fsp3) is 0.238. The van der Waals surface area contributed by atoms with Crippen LogP contribution in [0.2, 0.25) is 0 Å². The first-order chi connectivity index (χ1) is 13.0. The van der Waals surface area contributed by atoms with Gasteiger partial charge in [-0.15, -0.1) is 0 Å². The summed E-state index contributed by atoms with van der Waals surface area (Å²) >= 11 is 0. The lowest BCUT2D eigenvalue weighted by atomic mass is 10.1. The molecule has 0 bridgehead atoms. The maximum Gasteiger partial charge on any atom is 0.261 e. The zero-order chi connectivity index (χ0) is 18.9. The molecule has 27 heavy (non-hydrogen) atoms. The van der Waals surface area contributed by atoms with Crippen molar-refractivity contribution in [1.82, 2.24) is 0 Å². The molecule has 3 aromatic rings. The quantitative estimate of drug-likeness (QED) is 0.726. The number of nitrogens with zero attached hydrogens (tertiary/aromatic N) is 1. The van der Waals surface area contributed by atoms with Crippen LogP contribution in [-0.2, 0) is 10.0 Å². The summed E-state index contributed by atoms with van der Waals surface area (Å²) in [4.78, 5) is 4.16. The first-order valence-electron chi connectivity index (χ1n) is 9.19. The molecule has 1 aliphatic rings. The molecule has 4 rings (SSSR count). The van der Waals surface area contributed by atoms with Gasteiger partial charge in [0.05, 0.1) is 38.1 Å². The number of hydrogen-bond donors (Lipinski definition) is 2. The fourth-order valence-corrected chi connectivity index (χ4v) is 4.53. The fourth-order valence-electron chi connectivity index (χ4n) is 3.44. The maximum absolute atomic E-state index is 12.7. The molecule has 0 aliphatic carbocycles. The molecular weight excluding hydrogens is 358 g/mol. The van der Waals surface area contributed by atoms with Crippen molar-refractivity contribution in [2.75, 3.05) is 42.8 Å². The predicted octanol–water partition coefficient (Wildman–Crippen LogP) is 1.98. The van der Waals surface area contributed by atoms with Gasteiger partial charge in [-0.25, -0.2) is 8.42 Å². The molecule has 1 fully saturated rings. The lowest BCUT2D eigenvalue weighted by molar-refractivity contribution is -0.880. The van der Waals surface area contributed by atoms with Gasteiger partial charge in [0.15, 0.2) is 0 Å². The molecule has 1 heterocycles. The summed E-state index contributed by atoms with van der Waals surface area (Å²) in [6, 6.07) is 20.6.